The van der Waals surface area contributed by atoms with Crippen LogP contribution in [0.15, 0.2) is 53.7 Å². The van der Waals surface area contributed by atoms with Gasteiger partial charge in [0.15, 0.2) is 0 Å². The molecular weight excluding hydrogens is 146 g/mol. The smallest absolute Gasteiger partial charge is 0.0654 e. The van der Waals surface area contributed by atoms with E-state index in [4.69, 9.17) is 0 Å². The summed E-state index contributed by atoms with van der Waals surface area (Å²) in [5.74, 6) is 0. The molecule has 1 nitrogen and oxygen atoms in total. The lowest BCUT2D eigenvalue weighted by Gasteiger charge is -1.98. The molecule has 0 amide bonds. The van der Waals surface area contributed by atoms with Gasteiger partial charge in [0.1, 0.15) is 0 Å². The van der Waals surface area contributed by atoms with Crippen LogP contribution in [0.2, 0.25) is 0 Å². The van der Waals surface area contributed by atoms with Gasteiger partial charge in [-0.1, -0.05) is 31.4 Å². The highest BCUT2D eigenvalue weighted by molar-refractivity contribution is 5.57. The summed E-state index contributed by atoms with van der Waals surface area (Å²) in [5, 5.41) is 0. The monoisotopic (exact) mass is 161 g/mol. The van der Waals surface area contributed by atoms with Crippen LogP contribution < -0.4 is 0 Å². The van der Waals surface area contributed by atoms with Crippen LogP contribution in [0.3, 0.4) is 0 Å². The van der Waals surface area contributed by atoms with Crippen molar-refractivity contribution in [1.82, 2.24) is 0 Å². The van der Waals surface area contributed by atoms with E-state index in [-0.39, 0.29) is 0 Å². The van der Waals surface area contributed by atoms with Crippen LogP contribution in [0.4, 0.5) is 0 Å². The molecule has 0 heterocycles. The molecule has 0 N–H and O–H groups in total. The second-order valence-electron chi connectivity index (χ2n) is 2.26. The third kappa shape index (κ3) is 3.71. The lowest BCUT2D eigenvalue weighted by molar-refractivity contribution is 1.29. The molecule has 0 atom stereocenters. The van der Waals surface area contributed by atoms with Crippen molar-refractivity contribution in [2.24, 2.45) is 4.99 Å². The van der Waals surface area contributed by atoms with Crippen molar-refractivity contribution < 1.29 is 0 Å². The minimum Gasteiger partial charge on any atom is -0.261 e. The van der Waals surface area contributed by atoms with Gasteiger partial charge in [0.2, 0.25) is 0 Å². The van der Waals surface area contributed by atoms with Crippen LogP contribution >= 0.6 is 0 Å². The largest absolute Gasteiger partial charge is 0.261 e. The standard InChI is InChI=1S/C11H15N/c1-5-8-10(4)11(9-6-2)12-7-3/h5-9H,1-2H2,3-4H3/b10-8-,11-9+,12-7-. The molecule has 0 aromatic rings. The predicted molar refractivity (Wildman–Crippen MR) is 56.4 cm³/mol. The van der Waals surface area contributed by atoms with E-state index in [9.17, 15) is 0 Å². The number of rotatable bonds is 4. The molecule has 0 fully saturated rings. The fourth-order valence-electron chi connectivity index (χ4n) is 0.789. The Balaban J connectivity index is 4.73. The van der Waals surface area contributed by atoms with E-state index in [0.717, 1.165) is 11.3 Å². The second kappa shape index (κ2) is 6.35. The van der Waals surface area contributed by atoms with E-state index in [1.165, 1.54) is 0 Å². The van der Waals surface area contributed by atoms with Gasteiger partial charge < -0.3 is 0 Å². The fourth-order valence-corrected chi connectivity index (χ4v) is 0.789. The molecule has 0 saturated heterocycles. The van der Waals surface area contributed by atoms with Gasteiger partial charge in [-0.25, -0.2) is 0 Å². The maximum Gasteiger partial charge on any atom is 0.0654 e. The number of hydrogen-bond donors (Lipinski definition) is 0. The zero-order valence-corrected chi connectivity index (χ0v) is 7.75. The van der Waals surface area contributed by atoms with Crippen molar-refractivity contribution in [3.05, 3.63) is 48.7 Å². The zero-order chi connectivity index (χ0) is 9.40. The van der Waals surface area contributed by atoms with Crippen LogP contribution in [0.5, 0.6) is 0 Å². The first-order chi connectivity index (χ1) is 5.76. The summed E-state index contributed by atoms with van der Waals surface area (Å²) in [7, 11) is 0. The summed E-state index contributed by atoms with van der Waals surface area (Å²) in [6.45, 7) is 11.1. The van der Waals surface area contributed by atoms with Gasteiger partial charge in [-0.2, -0.15) is 0 Å². The van der Waals surface area contributed by atoms with Crippen molar-refractivity contribution in [2.45, 2.75) is 13.8 Å². The fraction of sp³-hybridized carbons (Fsp3) is 0.182. The lowest BCUT2D eigenvalue weighted by atomic mass is 10.2. The molecular formula is C11H15N. The first kappa shape index (κ1) is 10.6. The Morgan fingerprint density at radius 1 is 1.17 bits per heavy atom. The Labute approximate surface area is 74.5 Å². The zero-order valence-electron chi connectivity index (χ0n) is 7.75. The van der Waals surface area contributed by atoms with Gasteiger partial charge in [0.25, 0.3) is 0 Å². The van der Waals surface area contributed by atoms with Crippen molar-refractivity contribution in [2.75, 3.05) is 0 Å². The molecule has 0 aliphatic carbocycles. The van der Waals surface area contributed by atoms with Gasteiger partial charge in [0.05, 0.1) is 5.70 Å². The van der Waals surface area contributed by atoms with Gasteiger partial charge in [-0.3, -0.25) is 4.99 Å². The number of hydrogen-bond acceptors (Lipinski definition) is 1. The van der Waals surface area contributed by atoms with Gasteiger partial charge in [-0.15, -0.1) is 0 Å². The van der Waals surface area contributed by atoms with Crippen LogP contribution in [0, 0.1) is 0 Å². The van der Waals surface area contributed by atoms with Crippen LogP contribution in [-0.4, -0.2) is 6.21 Å². The van der Waals surface area contributed by atoms with Crippen molar-refractivity contribution in [3.8, 4) is 0 Å². The molecule has 0 bridgehead atoms. The highest BCUT2D eigenvalue weighted by atomic mass is 14.7. The third-order valence-electron chi connectivity index (χ3n) is 1.32. The molecule has 0 saturated carbocycles. The first-order valence-corrected chi connectivity index (χ1v) is 3.87. The summed E-state index contributed by atoms with van der Waals surface area (Å²) < 4.78 is 0. The number of allylic oxidation sites excluding steroid dienone is 5. The Kier molecular flexibility index (Phi) is 5.62. The lowest BCUT2D eigenvalue weighted by Crippen LogP contribution is -1.80. The van der Waals surface area contributed by atoms with E-state index in [1.807, 2.05) is 26.0 Å². The summed E-state index contributed by atoms with van der Waals surface area (Å²) in [4.78, 5) is 4.18. The number of aliphatic imine (C=N–C) groups is 1. The van der Waals surface area contributed by atoms with Crippen molar-refractivity contribution >= 4 is 6.21 Å². The Hall–Kier alpha value is -1.37. The molecule has 0 aliphatic rings. The second-order valence-corrected chi connectivity index (χ2v) is 2.26. The molecule has 0 unspecified atom stereocenters. The highest BCUT2D eigenvalue weighted by Crippen LogP contribution is 2.10. The van der Waals surface area contributed by atoms with Gasteiger partial charge in [-0.05, 0) is 25.5 Å². The van der Waals surface area contributed by atoms with Crippen molar-refractivity contribution in [1.29, 1.82) is 0 Å². The summed E-state index contributed by atoms with van der Waals surface area (Å²) in [6.07, 6.45) is 9.02. The van der Waals surface area contributed by atoms with E-state index in [1.54, 1.807) is 18.4 Å². The molecule has 0 aromatic carbocycles. The highest BCUT2D eigenvalue weighted by Gasteiger charge is 1.92. The molecule has 1 heteroatoms. The minimum atomic E-state index is 0.924. The topological polar surface area (TPSA) is 12.4 Å². The third-order valence-corrected chi connectivity index (χ3v) is 1.32. The Morgan fingerprint density at radius 2 is 1.75 bits per heavy atom. The van der Waals surface area contributed by atoms with Gasteiger partial charge >= 0.3 is 0 Å². The normalized spacial score (nSPS) is 13.5. The van der Waals surface area contributed by atoms with Crippen molar-refractivity contribution in [3.63, 3.8) is 0 Å². The Bertz CT molecular complexity index is 242. The summed E-state index contributed by atoms with van der Waals surface area (Å²) in [6, 6.07) is 0. The maximum atomic E-state index is 4.18. The summed E-state index contributed by atoms with van der Waals surface area (Å²) in [5.41, 5.74) is 2.01. The van der Waals surface area contributed by atoms with E-state index < -0.39 is 0 Å². The minimum absolute atomic E-state index is 0.924. The Morgan fingerprint density at radius 3 is 2.17 bits per heavy atom. The van der Waals surface area contributed by atoms with Crippen LogP contribution in [-0.2, 0) is 0 Å². The van der Waals surface area contributed by atoms with Crippen LogP contribution in [0.25, 0.3) is 0 Å². The van der Waals surface area contributed by atoms with E-state index >= 15 is 0 Å². The molecule has 12 heavy (non-hydrogen) atoms. The SMILES string of the molecule is C=C\C=C(C)/C(=C\C=C)/N=C\C. The molecule has 0 aromatic heterocycles. The molecule has 0 spiro atoms. The predicted octanol–water partition coefficient (Wildman–Crippen LogP) is 3.28. The first-order valence-electron chi connectivity index (χ1n) is 3.87. The molecule has 64 valence electrons. The molecule has 0 aliphatic heterocycles. The average molecular weight is 161 g/mol. The van der Waals surface area contributed by atoms with Crippen LogP contribution in [0.1, 0.15) is 13.8 Å². The van der Waals surface area contributed by atoms with Gasteiger partial charge in [0, 0.05) is 6.21 Å². The molecule has 0 radical (unpaired) electrons. The maximum absolute atomic E-state index is 4.18. The average Bonchev–Trinajstić information content (AvgIpc) is 2.04. The quantitative estimate of drug-likeness (QED) is 0.443. The number of nitrogens with zero attached hydrogens (tertiary/aromatic N) is 1. The van der Waals surface area contributed by atoms with E-state index in [2.05, 4.69) is 18.2 Å². The van der Waals surface area contributed by atoms with E-state index in [0.29, 0.717) is 0 Å². The molecule has 0 rings (SSSR count). The summed E-state index contributed by atoms with van der Waals surface area (Å²) >= 11 is 0.